The van der Waals surface area contributed by atoms with E-state index < -0.39 is 12.7 Å². The summed E-state index contributed by atoms with van der Waals surface area (Å²) in [5, 5.41) is 3.40. The molecule has 0 radical (unpaired) electrons. The number of halogens is 3. The molecule has 1 N–H and O–H groups in total. The third-order valence-corrected chi connectivity index (χ3v) is 3.31. The maximum Gasteiger partial charge on any atom is 0.401 e. The van der Waals surface area contributed by atoms with Crippen molar-refractivity contribution in [2.75, 3.05) is 26.7 Å². The van der Waals surface area contributed by atoms with Gasteiger partial charge in [-0.25, -0.2) is 0 Å². The van der Waals surface area contributed by atoms with Gasteiger partial charge in [0.05, 0.1) is 6.54 Å². The summed E-state index contributed by atoms with van der Waals surface area (Å²) in [6.07, 6.45) is -1.74. The number of hydrogen-bond acceptors (Lipinski definition) is 3. The Kier molecular flexibility index (Phi) is 5.47. The Hall–Kier alpha value is -1.27. The molecule has 1 aliphatic carbocycles. The van der Waals surface area contributed by atoms with Gasteiger partial charge in [-0.2, -0.15) is 13.2 Å². The van der Waals surface area contributed by atoms with E-state index in [0.717, 1.165) is 17.9 Å². The first-order valence-electron chi connectivity index (χ1n) is 7.13. The van der Waals surface area contributed by atoms with E-state index >= 15 is 0 Å². The van der Waals surface area contributed by atoms with Gasteiger partial charge in [0.15, 0.2) is 0 Å². The molecule has 21 heavy (non-hydrogen) atoms. The molecule has 1 aromatic rings. The number of para-hydroxylation sites is 1. The molecule has 1 fully saturated rings. The predicted octanol–water partition coefficient (Wildman–Crippen LogP) is 2.81. The Morgan fingerprint density at radius 1 is 1.29 bits per heavy atom. The van der Waals surface area contributed by atoms with E-state index in [1.807, 2.05) is 24.3 Å². The maximum absolute atomic E-state index is 12.2. The third-order valence-electron chi connectivity index (χ3n) is 3.31. The summed E-state index contributed by atoms with van der Waals surface area (Å²) in [5.74, 6) is 0.742. The van der Waals surface area contributed by atoms with Crippen LogP contribution in [0, 0.1) is 0 Å². The third kappa shape index (κ3) is 6.35. The molecule has 0 amide bonds. The van der Waals surface area contributed by atoms with Crippen LogP contribution < -0.4 is 10.1 Å². The topological polar surface area (TPSA) is 24.5 Å². The summed E-state index contributed by atoms with van der Waals surface area (Å²) < 4.78 is 42.3. The van der Waals surface area contributed by atoms with Crippen molar-refractivity contribution in [2.24, 2.45) is 0 Å². The number of nitrogens with zero attached hydrogens (tertiary/aromatic N) is 1. The molecule has 0 heterocycles. The molecule has 0 atom stereocenters. The zero-order chi connectivity index (χ0) is 15.3. The first-order chi connectivity index (χ1) is 9.94. The van der Waals surface area contributed by atoms with Crippen molar-refractivity contribution in [1.82, 2.24) is 10.2 Å². The highest BCUT2D eigenvalue weighted by atomic mass is 19.4. The van der Waals surface area contributed by atoms with Crippen molar-refractivity contribution in [3.8, 4) is 5.75 Å². The van der Waals surface area contributed by atoms with Gasteiger partial charge in [0, 0.05) is 24.7 Å². The van der Waals surface area contributed by atoms with E-state index in [4.69, 9.17) is 4.74 Å². The maximum atomic E-state index is 12.2. The Morgan fingerprint density at radius 2 is 2.00 bits per heavy atom. The molecule has 2 rings (SSSR count). The molecular weight excluding hydrogens is 281 g/mol. The van der Waals surface area contributed by atoms with Crippen LogP contribution in [0.25, 0.3) is 0 Å². The van der Waals surface area contributed by atoms with Gasteiger partial charge in [-0.1, -0.05) is 18.2 Å². The van der Waals surface area contributed by atoms with Crippen molar-refractivity contribution >= 4 is 0 Å². The summed E-state index contributed by atoms with van der Waals surface area (Å²) >= 11 is 0. The van der Waals surface area contributed by atoms with E-state index in [0.29, 0.717) is 6.04 Å². The Labute approximate surface area is 123 Å². The highest BCUT2D eigenvalue weighted by molar-refractivity contribution is 5.33. The molecule has 0 saturated heterocycles. The zero-order valence-corrected chi connectivity index (χ0v) is 12.1. The molecule has 0 spiro atoms. The molecule has 3 nitrogen and oxygen atoms in total. The highest BCUT2D eigenvalue weighted by Crippen LogP contribution is 2.22. The Bertz CT molecular complexity index is 447. The van der Waals surface area contributed by atoms with Crippen LogP contribution >= 0.6 is 0 Å². The summed E-state index contributed by atoms with van der Waals surface area (Å²) in [6, 6.07) is 8.25. The van der Waals surface area contributed by atoms with Crippen LogP contribution in [-0.2, 0) is 6.54 Å². The minimum absolute atomic E-state index is 0.240. The monoisotopic (exact) mass is 302 g/mol. The van der Waals surface area contributed by atoms with Crippen LogP contribution in [0.2, 0.25) is 0 Å². The normalized spacial score (nSPS) is 15.5. The van der Waals surface area contributed by atoms with Gasteiger partial charge < -0.3 is 10.1 Å². The van der Waals surface area contributed by atoms with Crippen LogP contribution in [0.15, 0.2) is 24.3 Å². The molecule has 1 aromatic carbocycles. The van der Waals surface area contributed by atoms with Gasteiger partial charge >= 0.3 is 6.18 Å². The van der Waals surface area contributed by atoms with Crippen LogP contribution in [0.5, 0.6) is 5.75 Å². The molecule has 0 aliphatic heterocycles. The minimum Gasteiger partial charge on any atom is -0.492 e. The van der Waals surface area contributed by atoms with Gasteiger partial charge in [-0.05, 0) is 26.0 Å². The minimum atomic E-state index is -4.17. The van der Waals surface area contributed by atoms with Gasteiger partial charge in [-0.15, -0.1) is 0 Å². The summed E-state index contributed by atoms with van der Waals surface area (Å²) in [6.45, 7) is 0.303. The first-order valence-corrected chi connectivity index (χ1v) is 7.13. The number of rotatable bonds is 8. The van der Waals surface area contributed by atoms with Crippen LogP contribution in [0.3, 0.4) is 0 Å². The number of benzene rings is 1. The van der Waals surface area contributed by atoms with E-state index in [1.165, 1.54) is 24.8 Å². The van der Waals surface area contributed by atoms with Crippen LogP contribution in [-0.4, -0.2) is 43.9 Å². The second-order valence-electron chi connectivity index (χ2n) is 5.46. The lowest BCUT2D eigenvalue weighted by Crippen LogP contribution is -2.33. The lowest BCUT2D eigenvalue weighted by molar-refractivity contribution is -0.143. The van der Waals surface area contributed by atoms with Crippen molar-refractivity contribution in [3.63, 3.8) is 0 Å². The first kappa shape index (κ1) is 16.1. The molecular formula is C15H21F3N2O. The number of alkyl halides is 3. The SMILES string of the molecule is CN(CCOc1ccccc1CNC1CC1)CC(F)(F)F. The van der Waals surface area contributed by atoms with Gasteiger partial charge in [0.2, 0.25) is 0 Å². The Morgan fingerprint density at radius 3 is 2.67 bits per heavy atom. The second kappa shape index (κ2) is 7.13. The number of nitrogens with one attached hydrogen (secondary N) is 1. The molecule has 6 heteroatoms. The lowest BCUT2D eigenvalue weighted by atomic mass is 10.2. The van der Waals surface area contributed by atoms with E-state index in [2.05, 4.69) is 5.32 Å². The van der Waals surface area contributed by atoms with Crippen LogP contribution in [0.4, 0.5) is 13.2 Å². The van der Waals surface area contributed by atoms with E-state index in [1.54, 1.807) is 0 Å². The highest BCUT2D eigenvalue weighted by Gasteiger charge is 2.28. The van der Waals surface area contributed by atoms with E-state index in [9.17, 15) is 13.2 Å². The van der Waals surface area contributed by atoms with Crippen molar-refractivity contribution < 1.29 is 17.9 Å². The second-order valence-corrected chi connectivity index (χ2v) is 5.46. The zero-order valence-electron chi connectivity index (χ0n) is 12.1. The summed E-state index contributed by atoms with van der Waals surface area (Å²) in [5.41, 5.74) is 1.04. The van der Waals surface area contributed by atoms with Crippen LogP contribution in [0.1, 0.15) is 18.4 Å². The average Bonchev–Trinajstić information content (AvgIpc) is 3.19. The number of hydrogen-bond donors (Lipinski definition) is 1. The number of ether oxygens (including phenoxy) is 1. The largest absolute Gasteiger partial charge is 0.492 e. The predicted molar refractivity (Wildman–Crippen MR) is 75.4 cm³/mol. The molecule has 0 unspecified atom stereocenters. The average molecular weight is 302 g/mol. The van der Waals surface area contributed by atoms with Gasteiger partial charge in [-0.3, -0.25) is 4.90 Å². The molecule has 1 aliphatic rings. The molecule has 118 valence electrons. The quantitative estimate of drug-likeness (QED) is 0.799. The molecule has 0 bridgehead atoms. The van der Waals surface area contributed by atoms with E-state index in [-0.39, 0.29) is 13.2 Å². The fourth-order valence-corrected chi connectivity index (χ4v) is 2.03. The number of likely N-dealkylation sites (N-methyl/N-ethyl adjacent to an activating group) is 1. The van der Waals surface area contributed by atoms with Gasteiger partial charge in [0.1, 0.15) is 12.4 Å². The summed E-state index contributed by atoms with van der Waals surface area (Å²) in [4.78, 5) is 1.21. The van der Waals surface area contributed by atoms with Crippen molar-refractivity contribution in [3.05, 3.63) is 29.8 Å². The fraction of sp³-hybridized carbons (Fsp3) is 0.600. The molecule has 0 aromatic heterocycles. The lowest BCUT2D eigenvalue weighted by Gasteiger charge is -2.19. The molecule has 1 saturated carbocycles. The van der Waals surface area contributed by atoms with Crippen molar-refractivity contribution in [2.45, 2.75) is 31.6 Å². The van der Waals surface area contributed by atoms with Crippen molar-refractivity contribution in [1.29, 1.82) is 0 Å². The summed E-state index contributed by atoms with van der Waals surface area (Å²) in [7, 11) is 1.44. The standard InChI is InChI=1S/C15H21F3N2O/c1-20(11-15(16,17)18)8-9-21-14-5-3-2-4-12(14)10-19-13-6-7-13/h2-5,13,19H,6-11H2,1H3. The van der Waals surface area contributed by atoms with Gasteiger partial charge in [0.25, 0.3) is 0 Å². The Balaban J connectivity index is 1.76. The smallest absolute Gasteiger partial charge is 0.401 e. The fourth-order valence-electron chi connectivity index (χ4n) is 2.03.